The first-order chi connectivity index (χ1) is 13.7. The Morgan fingerprint density at radius 1 is 1.25 bits per heavy atom. The van der Waals surface area contributed by atoms with E-state index in [0.29, 0.717) is 6.04 Å². The fourth-order valence-corrected chi connectivity index (χ4v) is 3.69. The van der Waals surface area contributed by atoms with Crippen molar-refractivity contribution in [2.45, 2.75) is 25.3 Å². The first kappa shape index (κ1) is 19.9. The number of ether oxygens (including phenoxy) is 2. The van der Waals surface area contributed by atoms with E-state index in [1.165, 1.54) is 17.2 Å². The summed E-state index contributed by atoms with van der Waals surface area (Å²) >= 11 is 0. The Balaban J connectivity index is 1.61. The topological polar surface area (TPSA) is 79.8 Å². The maximum absolute atomic E-state index is 11.1. The maximum atomic E-state index is 11.1. The minimum absolute atomic E-state index is 0.324. The predicted octanol–water partition coefficient (Wildman–Crippen LogP) is 3.04. The van der Waals surface area contributed by atoms with Crippen molar-refractivity contribution in [2.75, 3.05) is 20.8 Å². The molecule has 1 aliphatic carbocycles. The summed E-state index contributed by atoms with van der Waals surface area (Å²) in [7, 11) is 3.31. The Morgan fingerprint density at radius 3 is 2.86 bits per heavy atom. The lowest BCUT2D eigenvalue weighted by Crippen LogP contribution is -2.22. The fraction of sp³-hybridized carbons (Fsp3) is 0.318. The van der Waals surface area contributed by atoms with Crippen molar-refractivity contribution in [1.29, 1.82) is 0 Å². The van der Waals surface area contributed by atoms with E-state index < -0.39 is 5.91 Å². The molecule has 2 aromatic rings. The zero-order valence-corrected chi connectivity index (χ0v) is 16.2. The minimum atomic E-state index is -0.534. The number of methoxy groups -OCH3 is 2. The van der Waals surface area contributed by atoms with Gasteiger partial charge >= 0.3 is 0 Å². The zero-order valence-electron chi connectivity index (χ0n) is 16.2. The molecular weight excluding hydrogens is 356 g/mol. The summed E-state index contributed by atoms with van der Waals surface area (Å²) in [5.41, 5.74) is 6.26. The maximum Gasteiger partial charge on any atom is 0.267 e. The van der Waals surface area contributed by atoms with E-state index in [2.05, 4.69) is 23.5 Å². The number of amides is 1. The van der Waals surface area contributed by atoms with Crippen molar-refractivity contribution in [3.63, 3.8) is 0 Å². The van der Waals surface area contributed by atoms with Gasteiger partial charge in [-0.3, -0.25) is 10.0 Å². The standard InChI is InChI=1S/C22H26N2O4/c1-27-20-5-3-4-16(22(20)28-2)12-13-23-19-10-8-17-14-15(6-9-18(17)19)7-11-21(25)24-26/h3-7,9,11,14,19,23,26H,8,10,12-13H2,1-2H3,(H,24,25). The fourth-order valence-electron chi connectivity index (χ4n) is 3.69. The average Bonchev–Trinajstić information content (AvgIpc) is 3.13. The van der Waals surface area contributed by atoms with Crippen LogP contribution in [0.5, 0.6) is 11.5 Å². The highest BCUT2D eigenvalue weighted by molar-refractivity contribution is 5.90. The van der Waals surface area contributed by atoms with E-state index in [-0.39, 0.29) is 0 Å². The van der Waals surface area contributed by atoms with Crippen molar-refractivity contribution in [2.24, 2.45) is 0 Å². The summed E-state index contributed by atoms with van der Waals surface area (Å²) < 4.78 is 10.9. The van der Waals surface area contributed by atoms with Gasteiger partial charge in [0.15, 0.2) is 11.5 Å². The summed E-state index contributed by atoms with van der Waals surface area (Å²) in [5.74, 6) is 1.01. The third-order valence-corrected chi connectivity index (χ3v) is 5.05. The molecule has 1 aliphatic rings. The van der Waals surface area contributed by atoms with Gasteiger partial charge in [0.2, 0.25) is 0 Å². The molecule has 2 aromatic carbocycles. The van der Waals surface area contributed by atoms with E-state index in [9.17, 15) is 4.79 Å². The molecular formula is C22H26N2O4. The van der Waals surface area contributed by atoms with Crippen LogP contribution in [-0.2, 0) is 17.6 Å². The smallest absolute Gasteiger partial charge is 0.267 e. The lowest BCUT2D eigenvalue weighted by molar-refractivity contribution is -0.124. The Bertz CT molecular complexity index is 864. The summed E-state index contributed by atoms with van der Waals surface area (Å²) in [4.78, 5) is 11.1. The van der Waals surface area contributed by atoms with E-state index in [1.807, 2.05) is 18.2 Å². The second-order valence-electron chi connectivity index (χ2n) is 6.72. The second kappa shape index (κ2) is 9.39. The number of hydrogen-bond donors (Lipinski definition) is 3. The van der Waals surface area contributed by atoms with Gasteiger partial charge in [-0.1, -0.05) is 30.3 Å². The highest BCUT2D eigenvalue weighted by atomic mass is 16.5. The molecule has 3 N–H and O–H groups in total. The van der Waals surface area contributed by atoms with E-state index >= 15 is 0 Å². The van der Waals surface area contributed by atoms with Gasteiger partial charge in [-0.2, -0.15) is 0 Å². The van der Waals surface area contributed by atoms with E-state index in [4.69, 9.17) is 14.7 Å². The summed E-state index contributed by atoms with van der Waals surface area (Å²) in [6.45, 7) is 0.839. The van der Waals surface area contributed by atoms with Gasteiger partial charge in [0, 0.05) is 12.1 Å². The molecule has 1 atom stereocenters. The highest BCUT2D eigenvalue weighted by Crippen LogP contribution is 2.33. The highest BCUT2D eigenvalue weighted by Gasteiger charge is 2.22. The number of nitrogens with one attached hydrogen (secondary N) is 2. The van der Waals surface area contributed by atoms with Crippen molar-refractivity contribution < 1.29 is 19.5 Å². The first-order valence-electron chi connectivity index (χ1n) is 9.34. The normalized spacial score (nSPS) is 15.5. The van der Waals surface area contributed by atoms with Gasteiger partial charge in [-0.25, -0.2) is 5.48 Å². The lowest BCUT2D eigenvalue weighted by Gasteiger charge is -2.16. The molecule has 1 amide bonds. The Hall–Kier alpha value is -2.83. The number of carbonyl (C=O) groups excluding carboxylic acids is 1. The number of hydrogen-bond acceptors (Lipinski definition) is 5. The van der Waals surface area contributed by atoms with Gasteiger partial charge in [-0.05, 0) is 60.2 Å². The lowest BCUT2D eigenvalue weighted by atomic mass is 10.0. The number of benzene rings is 2. The molecule has 148 valence electrons. The van der Waals surface area contributed by atoms with Crippen LogP contribution in [0.1, 0.15) is 34.7 Å². The third kappa shape index (κ3) is 4.52. The van der Waals surface area contributed by atoms with Gasteiger partial charge in [0.05, 0.1) is 14.2 Å². The molecule has 28 heavy (non-hydrogen) atoms. The molecule has 0 aliphatic heterocycles. The number of para-hydroxylation sites is 1. The van der Waals surface area contributed by atoms with Crippen LogP contribution < -0.4 is 20.3 Å². The van der Waals surface area contributed by atoms with Crippen LogP contribution >= 0.6 is 0 Å². The number of hydroxylamine groups is 1. The summed E-state index contributed by atoms with van der Waals surface area (Å²) in [6, 6.07) is 12.5. The monoisotopic (exact) mass is 382 g/mol. The van der Waals surface area contributed by atoms with Gasteiger partial charge in [0.25, 0.3) is 5.91 Å². The van der Waals surface area contributed by atoms with Crippen LogP contribution in [0.3, 0.4) is 0 Å². The summed E-state index contributed by atoms with van der Waals surface area (Å²) in [6.07, 6.45) is 5.91. The third-order valence-electron chi connectivity index (χ3n) is 5.05. The van der Waals surface area contributed by atoms with Crippen LogP contribution in [0.2, 0.25) is 0 Å². The Kier molecular flexibility index (Phi) is 6.68. The van der Waals surface area contributed by atoms with Crippen LogP contribution in [0.25, 0.3) is 6.08 Å². The second-order valence-corrected chi connectivity index (χ2v) is 6.72. The molecule has 1 unspecified atom stereocenters. The molecule has 0 bridgehead atoms. The van der Waals surface area contributed by atoms with Gasteiger partial charge in [-0.15, -0.1) is 0 Å². The summed E-state index contributed by atoms with van der Waals surface area (Å²) in [5, 5.41) is 12.2. The van der Waals surface area contributed by atoms with Crippen molar-refractivity contribution >= 4 is 12.0 Å². The van der Waals surface area contributed by atoms with Crippen LogP contribution in [-0.4, -0.2) is 31.9 Å². The largest absolute Gasteiger partial charge is 0.493 e. The number of carbonyl (C=O) groups is 1. The van der Waals surface area contributed by atoms with E-state index in [1.54, 1.807) is 25.8 Å². The molecule has 6 nitrogen and oxygen atoms in total. The number of aryl methyl sites for hydroxylation is 1. The predicted molar refractivity (Wildman–Crippen MR) is 108 cm³/mol. The average molecular weight is 382 g/mol. The van der Waals surface area contributed by atoms with Crippen molar-refractivity contribution in [1.82, 2.24) is 10.8 Å². The van der Waals surface area contributed by atoms with Crippen molar-refractivity contribution in [3.05, 3.63) is 64.7 Å². The van der Waals surface area contributed by atoms with Gasteiger partial charge < -0.3 is 14.8 Å². The van der Waals surface area contributed by atoms with E-state index in [0.717, 1.165) is 48.4 Å². The number of rotatable bonds is 8. The molecule has 0 saturated heterocycles. The van der Waals surface area contributed by atoms with Gasteiger partial charge in [0.1, 0.15) is 0 Å². The zero-order chi connectivity index (χ0) is 19.9. The molecule has 0 spiro atoms. The molecule has 0 radical (unpaired) electrons. The molecule has 0 saturated carbocycles. The molecule has 3 rings (SSSR count). The van der Waals surface area contributed by atoms with Crippen LogP contribution in [0.4, 0.5) is 0 Å². The Labute approximate surface area is 165 Å². The molecule has 0 fully saturated rings. The minimum Gasteiger partial charge on any atom is -0.493 e. The van der Waals surface area contributed by atoms with Crippen molar-refractivity contribution in [3.8, 4) is 11.5 Å². The van der Waals surface area contributed by atoms with Crippen LogP contribution in [0.15, 0.2) is 42.5 Å². The molecule has 6 heteroatoms. The molecule has 0 aromatic heterocycles. The Morgan fingerprint density at radius 2 is 2.11 bits per heavy atom. The quantitative estimate of drug-likeness (QED) is 0.372. The first-order valence-corrected chi connectivity index (χ1v) is 9.34. The SMILES string of the molecule is COc1cccc(CCNC2CCc3cc(C=CC(=O)NO)ccc32)c1OC. The molecule has 0 heterocycles. The number of fused-ring (bicyclic) bond motifs is 1. The van der Waals surface area contributed by atoms with Crippen LogP contribution in [0, 0.1) is 0 Å².